The zero-order valence-corrected chi connectivity index (χ0v) is 18.2. The van der Waals surface area contributed by atoms with Gasteiger partial charge in [-0.2, -0.15) is 0 Å². The number of halogens is 2. The largest absolute Gasteiger partial charge is 0.384 e. The van der Waals surface area contributed by atoms with Crippen molar-refractivity contribution in [2.75, 3.05) is 0 Å². The molecule has 0 saturated carbocycles. The van der Waals surface area contributed by atoms with Gasteiger partial charge in [0.2, 0.25) is 0 Å². The quantitative estimate of drug-likeness (QED) is 0.310. The minimum Gasteiger partial charge on any atom is -0.384 e. The molecule has 0 fully saturated rings. The van der Waals surface area contributed by atoms with Gasteiger partial charge in [0.15, 0.2) is 0 Å². The molecule has 0 aliphatic carbocycles. The van der Waals surface area contributed by atoms with Gasteiger partial charge >= 0.3 is 0 Å². The minimum atomic E-state index is -0.722. The summed E-state index contributed by atoms with van der Waals surface area (Å²) in [6, 6.07) is 32.6. The average molecular weight is 494 g/mol. The van der Waals surface area contributed by atoms with E-state index in [0.29, 0.717) is 0 Å². The Balaban J connectivity index is 1.75. The summed E-state index contributed by atoms with van der Waals surface area (Å²) in [4.78, 5) is 0. The topological polar surface area (TPSA) is 20.2 Å². The lowest BCUT2D eigenvalue weighted by Crippen LogP contribution is -2.01. The predicted octanol–water partition coefficient (Wildman–Crippen LogP) is 7.63. The van der Waals surface area contributed by atoms with Crippen molar-refractivity contribution in [3.63, 3.8) is 0 Å². The molecule has 0 spiro atoms. The monoisotopic (exact) mass is 492 g/mol. The Hall–Kier alpha value is -2.20. The molecule has 138 valence electrons. The lowest BCUT2D eigenvalue weighted by atomic mass is 9.95. The molecule has 0 heterocycles. The van der Waals surface area contributed by atoms with Gasteiger partial charge in [0.1, 0.15) is 6.10 Å². The summed E-state index contributed by atoms with van der Waals surface area (Å²) in [6.07, 6.45) is -0.722. The number of hydrogen-bond acceptors (Lipinski definition) is 1. The van der Waals surface area contributed by atoms with Crippen LogP contribution in [0.3, 0.4) is 0 Å². The molecule has 3 heteroatoms. The van der Waals surface area contributed by atoms with Crippen molar-refractivity contribution < 1.29 is 5.11 Å². The molecular formula is C25H18Br2O. The summed E-state index contributed by atoms with van der Waals surface area (Å²) >= 11 is 7.19. The molecular weight excluding hydrogens is 476 g/mol. The highest BCUT2D eigenvalue weighted by Gasteiger charge is 2.15. The summed E-state index contributed by atoms with van der Waals surface area (Å²) in [5.41, 5.74) is 6.09. The van der Waals surface area contributed by atoms with E-state index in [-0.39, 0.29) is 0 Å². The van der Waals surface area contributed by atoms with Crippen molar-refractivity contribution >= 4 is 31.9 Å². The van der Waals surface area contributed by atoms with Crippen LogP contribution >= 0.6 is 31.9 Å². The van der Waals surface area contributed by atoms with E-state index in [1.54, 1.807) is 0 Å². The fourth-order valence-electron chi connectivity index (χ4n) is 3.33. The first-order valence-electron chi connectivity index (χ1n) is 9.00. The van der Waals surface area contributed by atoms with E-state index in [9.17, 15) is 5.11 Å². The average Bonchev–Trinajstić information content (AvgIpc) is 2.73. The molecule has 4 rings (SSSR count). The Labute approximate surface area is 181 Å². The van der Waals surface area contributed by atoms with E-state index in [0.717, 1.165) is 42.3 Å². The number of rotatable bonds is 4. The second-order valence-corrected chi connectivity index (χ2v) is 8.51. The predicted molar refractivity (Wildman–Crippen MR) is 123 cm³/mol. The van der Waals surface area contributed by atoms with Crippen molar-refractivity contribution in [3.05, 3.63) is 117 Å². The van der Waals surface area contributed by atoms with Crippen LogP contribution in [0.2, 0.25) is 0 Å². The van der Waals surface area contributed by atoms with Crippen LogP contribution in [0, 0.1) is 0 Å². The zero-order valence-electron chi connectivity index (χ0n) is 15.0. The molecule has 28 heavy (non-hydrogen) atoms. The second kappa shape index (κ2) is 8.44. The van der Waals surface area contributed by atoms with E-state index < -0.39 is 6.10 Å². The van der Waals surface area contributed by atoms with E-state index in [1.807, 2.05) is 60.7 Å². The Bertz CT molecular complexity index is 1000. The Kier molecular flexibility index (Phi) is 5.77. The van der Waals surface area contributed by atoms with Crippen molar-refractivity contribution in [2.24, 2.45) is 0 Å². The highest BCUT2D eigenvalue weighted by molar-refractivity contribution is 9.10. The van der Waals surface area contributed by atoms with Gasteiger partial charge in [-0.05, 0) is 69.8 Å². The zero-order chi connectivity index (χ0) is 19.5. The highest BCUT2D eigenvalue weighted by Crippen LogP contribution is 2.34. The van der Waals surface area contributed by atoms with E-state index in [4.69, 9.17) is 0 Å². The van der Waals surface area contributed by atoms with Crippen LogP contribution in [-0.4, -0.2) is 5.11 Å². The number of aliphatic hydroxyl groups excluding tert-OH is 1. The molecule has 0 aliphatic rings. The van der Waals surface area contributed by atoms with Crippen LogP contribution in [0.15, 0.2) is 106 Å². The fraction of sp³-hybridized carbons (Fsp3) is 0.0400. The normalized spacial score (nSPS) is 11.0. The third kappa shape index (κ3) is 4.27. The van der Waals surface area contributed by atoms with Gasteiger partial charge in [0, 0.05) is 8.95 Å². The van der Waals surface area contributed by atoms with Crippen molar-refractivity contribution in [2.45, 2.75) is 6.10 Å². The summed E-state index contributed by atoms with van der Waals surface area (Å²) in [5.74, 6) is 0. The summed E-state index contributed by atoms with van der Waals surface area (Å²) < 4.78 is 1.89. The number of hydrogen-bond donors (Lipinski definition) is 1. The molecule has 0 radical (unpaired) electrons. The van der Waals surface area contributed by atoms with Gasteiger partial charge in [0.05, 0.1) is 0 Å². The number of benzene rings is 4. The molecule has 1 nitrogen and oxygen atoms in total. The Morgan fingerprint density at radius 2 is 0.893 bits per heavy atom. The number of aliphatic hydroxyl groups is 1. The summed E-state index contributed by atoms with van der Waals surface area (Å²) in [7, 11) is 0. The smallest absolute Gasteiger partial charge is 0.104 e. The van der Waals surface area contributed by atoms with Gasteiger partial charge in [-0.15, -0.1) is 0 Å². The standard InChI is InChI=1S/C25H18Br2O/c26-23-13-19(17-7-3-1-4-8-17)11-21(15-23)25(28)22-12-20(14-24(27)16-22)18-9-5-2-6-10-18/h1-16,25,28H. The van der Waals surface area contributed by atoms with Gasteiger partial charge in [0.25, 0.3) is 0 Å². The van der Waals surface area contributed by atoms with E-state index in [2.05, 4.69) is 68.3 Å². The SMILES string of the molecule is OC(c1cc(Br)cc(-c2ccccc2)c1)c1cc(Br)cc(-c2ccccc2)c1. The molecule has 0 aliphatic heterocycles. The van der Waals surface area contributed by atoms with Crippen LogP contribution in [-0.2, 0) is 0 Å². The van der Waals surface area contributed by atoms with Crippen molar-refractivity contribution in [1.29, 1.82) is 0 Å². The highest BCUT2D eigenvalue weighted by atomic mass is 79.9. The van der Waals surface area contributed by atoms with Gasteiger partial charge in [-0.25, -0.2) is 0 Å². The first-order chi connectivity index (χ1) is 13.6. The van der Waals surface area contributed by atoms with Crippen LogP contribution in [0.25, 0.3) is 22.3 Å². The molecule has 0 bridgehead atoms. The second-order valence-electron chi connectivity index (χ2n) is 6.68. The van der Waals surface area contributed by atoms with Crippen LogP contribution in [0.4, 0.5) is 0 Å². The summed E-state index contributed by atoms with van der Waals surface area (Å²) in [6.45, 7) is 0. The molecule has 0 saturated heterocycles. The van der Waals surface area contributed by atoms with Gasteiger partial charge < -0.3 is 5.11 Å². The molecule has 0 atom stereocenters. The maximum Gasteiger partial charge on any atom is 0.104 e. The van der Waals surface area contributed by atoms with E-state index in [1.165, 1.54) is 0 Å². The molecule has 1 N–H and O–H groups in total. The van der Waals surface area contributed by atoms with Crippen LogP contribution < -0.4 is 0 Å². The minimum absolute atomic E-state index is 0.722. The first kappa shape index (κ1) is 19.1. The maximum absolute atomic E-state index is 11.1. The van der Waals surface area contributed by atoms with Crippen molar-refractivity contribution in [1.82, 2.24) is 0 Å². The van der Waals surface area contributed by atoms with Crippen molar-refractivity contribution in [3.8, 4) is 22.3 Å². The lowest BCUT2D eigenvalue weighted by molar-refractivity contribution is 0.220. The van der Waals surface area contributed by atoms with Crippen LogP contribution in [0.1, 0.15) is 17.2 Å². The van der Waals surface area contributed by atoms with Gasteiger partial charge in [-0.3, -0.25) is 0 Å². The first-order valence-corrected chi connectivity index (χ1v) is 10.6. The maximum atomic E-state index is 11.1. The molecule has 0 amide bonds. The third-order valence-corrected chi connectivity index (χ3v) is 5.60. The Morgan fingerprint density at radius 1 is 0.500 bits per heavy atom. The molecule has 0 aromatic heterocycles. The van der Waals surface area contributed by atoms with Crippen LogP contribution in [0.5, 0.6) is 0 Å². The fourth-order valence-corrected chi connectivity index (χ4v) is 4.35. The Morgan fingerprint density at radius 3 is 1.29 bits per heavy atom. The van der Waals surface area contributed by atoms with E-state index >= 15 is 0 Å². The molecule has 4 aromatic rings. The molecule has 0 unspecified atom stereocenters. The lowest BCUT2D eigenvalue weighted by Gasteiger charge is -2.16. The van der Waals surface area contributed by atoms with Gasteiger partial charge in [-0.1, -0.05) is 92.5 Å². The summed E-state index contributed by atoms with van der Waals surface area (Å²) in [5, 5.41) is 11.1. The molecule has 4 aromatic carbocycles. The third-order valence-electron chi connectivity index (χ3n) is 4.69.